The minimum atomic E-state index is -0.261. The zero-order valence-corrected chi connectivity index (χ0v) is 13.0. The van der Waals surface area contributed by atoms with Crippen LogP contribution in [0.25, 0.3) is 0 Å². The van der Waals surface area contributed by atoms with Crippen LogP contribution in [0.1, 0.15) is 23.4 Å². The summed E-state index contributed by atoms with van der Waals surface area (Å²) in [7, 11) is 1.65. The first-order valence-electron chi connectivity index (χ1n) is 6.43. The summed E-state index contributed by atoms with van der Waals surface area (Å²) in [6.07, 6.45) is 0.647. The summed E-state index contributed by atoms with van der Waals surface area (Å²) in [4.78, 5) is 1.16. The van der Waals surface area contributed by atoms with Crippen LogP contribution in [0.4, 0.5) is 4.39 Å². The van der Waals surface area contributed by atoms with Crippen LogP contribution < -0.4 is 10.1 Å². The molecule has 1 aromatic heterocycles. The van der Waals surface area contributed by atoms with Gasteiger partial charge in [0.2, 0.25) is 0 Å². The van der Waals surface area contributed by atoms with Crippen molar-refractivity contribution in [3.8, 4) is 5.75 Å². The number of thiophene rings is 1. The van der Waals surface area contributed by atoms with E-state index in [1.54, 1.807) is 24.5 Å². The summed E-state index contributed by atoms with van der Waals surface area (Å²) < 4.78 is 18.6. The number of benzene rings is 1. The Morgan fingerprint density at radius 2 is 2.20 bits per heavy atom. The van der Waals surface area contributed by atoms with E-state index >= 15 is 0 Å². The molecule has 2 nitrogen and oxygen atoms in total. The first-order valence-corrected chi connectivity index (χ1v) is 7.69. The molecule has 0 aliphatic rings. The summed E-state index contributed by atoms with van der Waals surface area (Å²) in [5.74, 6) is 0.585. The summed E-state index contributed by atoms with van der Waals surface area (Å²) in [6.45, 7) is 2.88. The van der Waals surface area contributed by atoms with Gasteiger partial charge in [-0.3, -0.25) is 0 Å². The maximum Gasteiger partial charge on any atom is 0.129 e. The topological polar surface area (TPSA) is 21.3 Å². The van der Waals surface area contributed by atoms with E-state index in [0.29, 0.717) is 11.4 Å². The highest BCUT2D eigenvalue weighted by atomic mass is 35.5. The molecule has 20 heavy (non-hydrogen) atoms. The molecule has 0 fully saturated rings. The number of hydrogen-bond acceptors (Lipinski definition) is 3. The molecule has 0 aliphatic heterocycles. The minimum absolute atomic E-state index is 0.105. The van der Waals surface area contributed by atoms with Gasteiger partial charge in [0.05, 0.1) is 7.11 Å². The van der Waals surface area contributed by atoms with E-state index in [4.69, 9.17) is 16.3 Å². The predicted octanol–water partition coefficient (Wildman–Crippen LogP) is 4.44. The Labute approximate surface area is 127 Å². The molecule has 1 N–H and O–H groups in total. The molecule has 1 heterocycles. The monoisotopic (exact) mass is 313 g/mol. The van der Waals surface area contributed by atoms with Gasteiger partial charge in [0.1, 0.15) is 11.6 Å². The van der Waals surface area contributed by atoms with Crippen molar-refractivity contribution >= 4 is 22.9 Å². The van der Waals surface area contributed by atoms with Gasteiger partial charge in [-0.15, -0.1) is 11.3 Å². The third kappa shape index (κ3) is 3.72. The lowest BCUT2D eigenvalue weighted by atomic mass is 10.0. The van der Waals surface area contributed by atoms with Crippen molar-refractivity contribution in [2.24, 2.45) is 0 Å². The van der Waals surface area contributed by atoms with E-state index in [2.05, 4.69) is 5.32 Å². The first-order chi connectivity index (χ1) is 9.63. The number of nitrogens with one attached hydrogen (secondary N) is 1. The van der Waals surface area contributed by atoms with Crippen LogP contribution in [0.5, 0.6) is 5.75 Å². The van der Waals surface area contributed by atoms with Gasteiger partial charge in [-0.25, -0.2) is 4.39 Å². The van der Waals surface area contributed by atoms with Crippen molar-refractivity contribution in [1.29, 1.82) is 0 Å². The van der Waals surface area contributed by atoms with Crippen LogP contribution in [0.3, 0.4) is 0 Å². The molecule has 2 aromatic rings. The Kier molecular flexibility index (Phi) is 5.40. The maximum absolute atomic E-state index is 13.3. The molecular weight excluding hydrogens is 297 g/mol. The Hall–Kier alpha value is -1.10. The molecule has 0 saturated carbocycles. The Balaban J connectivity index is 2.22. The SMILES string of the molecule is CCNC(Cc1cc(F)ccc1Cl)c1cc(OC)cs1. The van der Waals surface area contributed by atoms with Crippen LogP contribution >= 0.6 is 22.9 Å². The lowest BCUT2D eigenvalue weighted by Gasteiger charge is -2.17. The van der Waals surface area contributed by atoms with Crippen molar-refractivity contribution in [3.05, 3.63) is 50.9 Å². The number of rotatable bonds is 6. The summed E-state index contributed by atoms with van der Waals surface area (Å²) in [5, 5.41) is 5.97. The van der Waals surface area contributed by atoms with E-state index in [0.717, 1.165) is 22.7 Å². The first kappa shape index (κ1) is 15.3. The summed E-state index contributed by atoms with van der Waals surface area (Å²) in [5.41, 5.74) is 0.810. The molecule has 0 bridgehead atoms. The zero-order chi connectivity index (χ0) is 14.5. The molecule has 1 unspecified atom stereocenters. The normalized spacial score (nSPS) is 12.4. The number of halogens is 2. The number of ether oxygens (including phenoxy) is 1. The second-order valence-electron chi connectivity index (χ2n) is 4.44. The molecule has 0 aliphatic carbocycles. The van der Waals surface area contributed by atoms with Gasteiger partial charge in [-0.05, 0) is 42.8 Å². The van der Waals surface area contributed by atoms with Gasteiger partial charge in [0.25, 0.3) is 0 Å². The predicted molar refractivity (Wildman–Crippen MR) is 82.4 cm³/mol. The number of methoxy groups -OCH3 is 1. The van der Waals surface area contributed by atoms with Gasteiger partial charge in [-0.2, -0.15) is 0 Å². The average Bonchev–Trinajstić information content (AvgIpc) is 2.91. The fraction of sp³-hybridized carbons (Fsp3) is 0.333. The second kappa shape index (κ2) is 7.07. The van der Waals surface area contributed by atoms with Crippen molar-refractivity contribution in [1.82, 2.24) is 5.32 Å². The molecule has 1 atom stereocenters. The molecular formula is C15H17ClFNOS. The highest BCUT2D eigenvalue weighted by Crippen LogP contribution is 2.30. The highest BCUT2D eigenvalue weighted by molar-refractivity contribution is 7.10. The molecule has 0 radical (unpaired) electrons. The van der Waals surface area contributed by atoms with E-state index in [9.17, 15) is 4.39 Å². The lowest BCUT2D eigenvalue weighted by Crippen LogP contribution is -2.22. The average molecular weight is 314 g/mol. The molecule has 0 amide bonds. The molecule has 5 heteroatoms. The third-order valence-electron chi connectivity index (χ3n) is 3.06. The van der Waals surface area contributed by atoms with Crippen molar-refractivity contribution in [3.63, 3.8) is 0 Å². The largest absolute Gasteiger partial charge is 0.496 e. The van der Waals surface area contributed by atoms with E-state index < -0.39 is 0 Å². The summed E-state index contributed by atoms with van der Waals surface area (Å²) in [6, 6.07) is 6.59. The van der Waals surface area contributed by atoms with Crippen LogP contribution in [-0.2, 0) is 6.42 Å². The van der Waals surface area contributed by atoms with Crippen LogP contribution in [-0.4, -0.2) is 13.7 Å². The van der Waals surface area contributed by atoms with E-state index in [1.807, 2.05) is 18.4 Å². The van der Waals surface area contributed by atoms with Gasteiger partial charge >= 0.3 is 0 Å². The number of likely N-dealkylation sites (N-methyl/N-ethyl adjacent to an activating group) is 1. The Morgan fingerprint density at radius 3 is 2.85 bits per heavy atom. The van der Waals surface area contributed by atoms with Gasteiger partial charge in [0.15, 0.2) is 0 Å². The Morgan fingerprint density at radius 1 is 1.40 bits per heavy atom. The van der Waals surface area contributed by atoms with Crippen LogP contribution in [0, 0.1) is 5.82 Å². The fourth-order valence-corrected chi connectivity index (χ4v) is 3.19. The van der Waals surface area contributed by atoms with Gasteiger partial charge in [0, 0.05) is 21.3 Å². The van der Waals surface area contributed by atoms with Gasteiger partial charge in [-0.1, -0.05) is 18.5 Å². The molecule has 0 spiro atoms. The number of hydrogen-bond donors (Lipinski definition) is 1. The highest BCUT2D eigenvalue weighted by Gasteiger charge is 2.16. The molecule has 1 aromatic carbocycles. The van der Waals surface area contributed by atoms with E-state index in [-0.39, 0.29) is 11.9 Å². The smallest absolute Gasteiger partial charge is 0.129 e. The van der Waals surface area contributed by atoms with Crippen molar-refractivity contribution < 1.29 is 9.13 Å². The lowest BCUT2D eigenvalue weighted by molar-refractivity contribution is 0.415. The molecule has 108 valence electrons. The molecule has 0 saturated heterocycles. The summed E-state index contributed by atoms with van der Waals surface area (Å²) >= 11 is 7.77. The zero-order valence-electron chi connectivity index (χ0n) is 11.5. The van der Waals surface area contributed by atoms with E-state index in [1.165, 1.54) is 12.1 Å². The van der Waals surface area contributed by atoms with Crippen LogP contribution in [0.2, 0.25) is 5.02 Å². The fourth-order valence-electron chi connectivity index (χ4n) is 2.06. The minimum Gasteiger partial charge on any atom is -0.496 e. The van der Waals surface area contributed by atoms with Gasteiger partial charge < -0.3 is 10.1 Å². The van der Waals surface area contributed by atoms with Crippen molar-refractivity contribution in [2.45, 2.75) is 19.4 Å². The Bertz CT molecular complexity index is 573. The standard InChI is InChI=1S/C15H17ClFNOS/c1-3-18-14(15-8-12(19-2)9-20-15)7-10-6-11(17)4-5-13(10)16/h4-6,8-9,14,18H,3,7H2,1-2H3. The third-order valence-corrected chi connectivity index (χ3v) is 4.45. The van der Waals surface area contributed by atoms with Crippen LogP contribution in [0.15, 0.2) is 29.6 Å². The quantitative estimate of drug-likeness (QED) is 0.851. The van der Waals surface area contributed by atoms with Crippen molar-refractivity contribution in [2.75, 3.05) is 13.7 Å². The second-order valence-corrected chi connectivity index (χ2v) is 5.79. The molecule has 2 rings (SSSR count). The maximum atomic E-state index is 13.3.